The summed E-state index contributed by atoms with van der Waals surface area (Å²) in [6.07, 6.45) is 2.85. The molecule has 3 rings (SSSR count). The van der Waals surface area contributed by atoms with Crippen LogP contribution in [0.2, 0.25) is 0 Å². The van der Waals surface area contributed by atoms with Crippen LogP contribution in [-0.2, 0) is 9.53 Å². The van der Waals surface area contributed by atoms with E-state index >= 15 is 0 Å². The number of rotatable bonds is 8. The van der Waals surface area contributed by atoms with Gasteiger partial charge in [-0.2, -0.15) is 0 Å². The van der Waals surface area contributed by atoms with Gasteiger partial charge in [0.05, 0.1) is 30.5 Å². The number of benzene rings is 1. The Balaban J connectivity index is 1.55. The van der Waals surface area contributed by atoms with E-state index in [1.165, 1.54) is 6.08 Å². The van der Waals surface area contributed by atoms with Gasteiger partial charge in [-0.3, -0.25) is 9.59 Å². The fraction of sp³-hybridized carbons (Fsp3) is 0.381. The van der Waals surface area contributed by atoms with Crippen molar-refractivity contribution in [1.29, 1.82) is 0 Å². The molecule has 0 saturated carbocycles. The van der Waals surface area contributed by atoms with Crippen LogP contribution in [0.5, 0.6) is 0 Å². The van der Waals surface area contributed by atoms with Crippen LogP contribution in [0.3, 0.4) is 0 Å². The molecular weight excluding hydrogens is 440 g/mol. The van der Waals surface area contributed by atoms with E-state index in [1.54, 1.807) is 12.1 Å². The number of hydrogen-bond acceptors (Lipinski definition) is 7. The molecular formula is C21H25ClN4O4S. The highest BCUT2D eigenvalue weighted by atomic mass is 35.5. The maximum Gasteiger partial charge on any atom is 0.252 e. The molecule has 2 aliphatic rings. The summed E-state index contributed by atoms with van der Waals surface area (Å²) in [7, 11) is 0. The number of allylic oxidation sites excluding steroid dienone is 3. The lowest BCUT2D eigenvalue weighted by atomic mass is 10.0. The van der Waals surface area contributed by atoms with Crippen molar-refractivity contribution in [2.24, 2.45) is 5.73 Å². The summed E-state index contributed by atoms with van der Waals surface area (Å²) in [6.45, 7) is 2.76. The summed E-state index contributed by atoms with van der Waals surface area (Å²) < 4.78 is 5.35. The Morgan fingerprint density at radius 3 is 2.74 bits per heavy atom. The van der Waals surface area contributed by atoms with Crippen molar-refractivity contribution in [3.05, 3.63) is 46.5 Å². The van der Waals surface area contributed by atoms with E-state index in [0.717, 1.165) is 5.69 Å². The molecule has 1 aromatic rings. The summed E-state index contributed by atoms with van der Waals surface area (Å²) >= 11 is 11.1. The van der Waals surface area contributed by atoms with Gasteiger partial charge < -0.3 is 31.1 Å². The lowest BCUT2D eigenvalue weighted by molar-refractivity contribution is -0.117. The van der Waals surface area contributed by atoms with Crippen molar-refractivity contribution < 1.29 is 19.4 Å². The second-order valence-corrected chi connectivity index (χ2v) is 8.14. The number of carbonyl (C=O) groups excluding carboxylic acids is 2. The molecule has 1 heterocycles. The van der Waals surface area contributed by atoms with Gasteiger partial charge in [0.25, 0.3) is 11.8 Å². The van der Waals surface area contributed by atoms with E-state index in [-0.39, 0.29) is 19.0 Å². The zero-order valence-electron chi connectivity index (χ0n) is 16.9. The Bertz CT molecular complexity index is 928. The first-order chi connectivity index (χ1) is 14.8. The number of aliphatic hydroxyl groups is 1. The van der Waals surface area contributed by atoms with Crippen LogP contribution in [0.25, 0.3) is 0 Å². The maximum absolute atomic E-state index is 12.3. The molecule has 1 saturated heterocycles. The fourth-order valence-electron chi connectivity index (χ4n) is 3.31. The quantitative estimate of drug-likeness (QED) is 0.429. The van der Waals surface area contributed by atoms with Crippen molar-refractivity contribution in [3.8, 4) is 0 Å². The average molecular weight is 465 g/mol. The summed E-state index contributed by atoms with van der Waals surface area (Å²) in [5, 5.41) is 16.4. The van der Waals surface area contributed by atoms with Crippen LogP contribution in [-0.4, -0.2) is 67.3 Å². The molecule has 1 fully saturated rings. The Morgan fingerprint density at radius 1 is 1.29 bits per heavy atom. The third kappa shape index (κ3) is 6.27. The molecule has 1 aliphatic heterocycles. The molecule has 0 spiro atoms. The van der Waals surface area contributed by atoms with Crippen molar-refractivity contribution >= 4 is 51.9 Å². The average Bonchev–Trinajstić information content (AvgIpc) is 2.78. The smallest absolute Gasteiger partial charge is 0.252 e. The SMILES string of the molecule is NC(=O)c1cc(NCC(O)CNC(=O)C2=CC(Cl)=CCC2=S)ccc1N1CCOCC1. The van der Waals surface area contributed by atoms with Crippen LogP contribution < -0.4 is 21.3 Å². The summed E-state index contributed by atoms with van der Waals surface area (Å²) in [4.78, 5) is 26.8. The molecule has 2 amide bonds. The molecule has 8 nitrogen and oxygen atoms in total. The second kappa shape index (κ2) is 10.7. The third-order valence-electron chi connectivity index (χ3n) is 4.96. The number of halogens is 1. The first-order valence-electron chi connectivity index (χ1n) is 9.92. The topological polar surface area (TPSA) is 117 Å². The predicted molar refractivity (Wildman–Crippen MR) is 125 cm³/mol. The van der Waals surface area contributed by atoms with Gasteiger partial charge in [0.15, 0.2) is 0 Å². The van der Waals surface area contributed by atoms with Gasteiger partial charge in [0.2, 0.25) is 0 Å². The molecule has 31 heavy (non-hydrogen) atoms. The minimum Gasteiger partial charge on any atom is -0.389 e. The van der Waals surface area contributed by atoms with Crippen LogP contribution in [0.4, 0.5) is 11.4 Å². The van der Waals surface area contributed by atoms with Crippen LogP contribution >= 0.6 is 23.8 Å². The van der Waals surface area contributed by atoms with E-state index in [9.17, 15) is 14.7 Å². The van der Waals surface area contributed by atoms with E-state index in [0.29, 0.717) is 59.4 Å². The lowest BCUT2D eigenvalue weighted by Gasteiger charge is -2.30. The Hall–Kier alpha value is -2.46. The summed E-state index contributed by atoms with van der Waals surface area (Å²) in [6, 6.07) is 5.32. The van der Waals surface area contributed by atoms with Gasteiger partial charge in [-0.05, 0) is 24.3 Å². The number of nitrogens with one attached hydrogen (secondary N) is 2. The van der Waals surface area contributed by atoms with E-state index < -0.39 is 12.0 Å². The van der Waals surface area contributed by atoms with Gasteiger partial charge in [0, 0.05) is 53.9 Å². The highest BCUT2D eigenvalue weighted by Gasteiger charge is 2.20. The van der Waals surface area contributed by atoms with Crippen molar-refractivity contribution in [1.82, 2.24) is 5.32 Å². The van der Waals surface area contributed by atoms with Gasteiger partial charge in [-0.1, -0.05) is 29.9 Å². The zero-order chi connectivity index (χ0) is 22.4. The monoisotopic (exact) mass is 464 g/mol. The standard InChI is InChI=1S/C21H25ClN4O4S/c22-13-1-4-19(31)17(9-13)21(29)25-12-15(27)11-24-14-2-3-18(16(10-14)20(23)28)26-5-7-30-8-6-26/h1-3,9-10,15,24,27H,4-8,11-12H2,(H2,23,28)(H,25,29). The molecule has 5 N–H and O–H groups in total. The molecule has 1 atom stereocenters. The van der Waals surface area contributed by atoms with Gasteiger partial charge in [-0.15, -0.1) is 0 Å². The van der Waals surface area contributed by atoms with Gasteiger partial charge in [-0.25, -0.2) is 0 Å². The summed E-state index contributed by atoms with van der Waals surface area (Å²) in [5.74, 6) is -0.899. The largest absolute Gasteiger partial charge is 0.389 e. The number of thiocarbonyl (C=S) groups is 1. The third-order valence-corrected chi connectivity index (χ3v) is 5.61. The number of ether oxygens (including phenoxy) is 1. The normalized spacial score (nSPS) is 17.5. The Labute approximate surface area is 191 Å². The molecule has 10 heteroatoms. The number of anilines is 2. The van der Waals surface area contributed by atoms with Crippen LogP contribution in [0.1, 0.15) is 16.8 Å². The lowest BCUT2D eigenvalue weighted by Crippen LogP contribution is -2.38. The Morgan fingerprint density at radius 2 is 2.03 bits per heavy atom. The first-order valence-corrected chi connectivity index (χ1v) is 10.7. The number of morpholine rings is 1. The number of carbonyl (C=O) groups is 2. The van der Waals surface area contributed by atoms with Crippen molar-refractivity contribution in [3.63, 3.8) is 0 Å². The number of nitrogens with zero attached hydrogens (tertiary/aromatic N) is 1. The molecule has 1 unspecified atom stereocenters. The van der Waals surface area contributed by atoms with Gasteiger partial charge >= 0.3 is 0 Å². The predicted octanol–water partition coefficient (Wildman–Crippen LogP) is 1.33. The highest BCUT2D eigenvalue weighted by molar-refractivity contribution is 7.81. The Kier molecular flexibility index (Phi) is 8.03. The fourth-order valence-corrected chi connectivity index (χ4v) is 3.73. The van der Waals surface area contributed by atoms with E-state index in [2.05, 4.69) is 15.5 Å². The zero-order valence-corrected chi connectivity index (χ0v) is 18.5. The highest BCUT2D eigenvalue weighted by Crippen LogP contribution is 2.25. The minimum absolute atomic E-state index is 0.0294. The molecule has 1 aliphatic carbocycles. The van der Waals surface area contributed by atoms with Crippen LogP contribution in [0, 0.1) is 0 Å². The summed E-state index contributed by atoms with van der Waals surface area (Å²) in [5.41, 5.74) is 7.71. The van der Waals surface area contributed by atoms with E-state index in [4.69, 9.17) is 34.3 Å². The first kappa shape index (κ1) is 23.2. The molecule has 0 bridgehead atoms. The van der Waals surface area contributed by atoms with Crippen molar-refractivity contribution in [2.45, 2.75) is 12.5 Å². The number of nitrogens with two attached hydrogens (primary N) is 1. The molecule has 166 valence electrons. The number of aliphatic hydroxyl groups excluding tert-OH is 1. The second-order valence-electron chi connectivity index (χ2n) is 7.21. The molecule has 1 aromatic carbocycles. The van der Waals surface area contributed by atoms with E-state index in [1.807, 2.05) is 12.1 Å². The number of primary amides is 1. The number of amides is 2. The molecule has 0 aromatic heterocycles. The minimum atomic E-state index is -0.858. The van der Waals surface area contributed by atoms with Gasteiger partial charge in [0.1, 0.15) is 0 Å². The molecule has 0 radical (unpaired) electrons. The maximum atomic E-state index is 12.3. The van der Waals surface area contributed by atoms with Crippen LogP contribution in [0.15, 0.2) is 41.0 Å². The van der Waals surface area contributed by atoms with Crippen molar-refractivity contribution in [2.75, 3.05) is 49.6 Å². The number of hydrogen-bond donors (Lipinski definition) is 4.